The molecule has 0 unspecified atom stereocenters. The van der Waals surface area contributed by atoms with Crippen molar-refractivity contribution in [3.63, 3.8) is 0 Å². The summed E-state index contributed by atoms with van der Waals surface area (Å²) in [6.45, 7) is 0.663. The van der Waals surface area contributed by atoms with Gasteiger partial charge < -0.3 is 5.43 Å². The molecule has 4 aromatic rings. The lowest BCUT2D eigenvalue weighted by atomic mass is 9.97. The molecule has 0 atom stereocenters. The highest BCUT2D eigenvalue weighted by molar-refractivity contribution is 6.30. The maximum Gasteiger partial charge on any atom is 0.0580 e. The Kier molecular flexibility index (Phi) is 4.36. The SMILES string of the molecule is Clc1ccc(CN/N=C\c2c3ccccc3cc3ccccc23)cc1. The van der Waals surface area contributed by atoms with Gasteiger partial charge in [0.25, 0.3) is 0 Å². The van der Waals surface area contributed by atoms with Crippen LogP contribution >= 0.6 is 11.6 Å². The lowest BCUT2D eigenvalue weighted by Crippen LogP contribution is -2.05. The van der Waals surface area contributed by atoms with Crippen LogP contribution in [-0.2, 0) is 6.54 Å². The number of benzene rings is 4. The Labute approximate surface area is 151 Å². The van der Waals surface area contributed by atoms with Crippen LogP contribution in [-0.4, -0.2) is 6.21 Å². The summed E-state index contributed by atoms with van der Waals surface area (Å²) in [5.74, 6) is 0. The van der Waals surface area contributed by atoms with E-state index in [9.17, 15) is 0 Å². The largest absolute Gasteiger partial charge is 0.306 e. The quantitative estimate of drug-likeness (QED) is 0.283. The third-order valence-electron chi connectivity index (χ3n) is 4.29. The third kappa shape index (κ3) is 3.35. The first-order valence-corrected chi connectivity index (χ1v) is 8.60. The molecule has 122 valence electrons. The Morgan fingerprint density at radius 2 is 1.40 bits per heavy atom. The highest BCUT2D eigenvalue weighted by atomic mass is 35.5. The fraction of sp³-hybridized carbons (Fsp3) is 0.0455. The van der Waals surface area contributed by atoms with Crippen molar-refractivity contribution in [3.05, 3.63) is 95.0 Å². The summed E-state index contributed by atoms with van der Waals surface area (Å²) < 4.78 is 0. The molecule has 2 nitrogen and oxygen atoms in total. The smallest absolute Gasteiger partial charge is 0.0580 e. The van der Waals surface area contributed by atoms with Crippen molar-refractivity contribution in [1.29, 1.82) is 0 Å². The molecule has 0 saturated carbocycles. The molecule has 3 heteroatoms. The number of hydrogen-bond donors (Lipinski definition) is 1. The maximum atomic E-state index is 5.91. The van der Waals surface area contributed by atoms with E-state index in [0.29, 0.717) is 6.54 Å². The second-order valence-electron chi connectivity index (χ2n) is 5.95. The molecule has 0 heterocycles. The second-order valence-corrected chi connectivity index (χ2v) is 6.39. The Morgan fingerprint density at radius 1 is 0.800 bits per heavy atom. The second kappa shape index (κ2) is 6.96. The molecule has 0 aromatic heterocycles. The molecular formula is C22H17ClN2. The average Bonchev–Trinajstić information content (AvgIpc) is 2.66. The summed E-state index contributed by atoms with van der Waals surface area (Å²) in [6, 6.07) is 26.8. The van der Waals surface area contributed by atoms with Gasteiger partial charge in [-0.2, -0.15) is 5.10 Å². The topological polar surface area (TPSA) is 24.4 Å². The van der Waals surface area contributed by atoms with Gasteiger partial charge in [0.05, 0.1) is 12.8 Å². The van der Waals surface area contributed by atoms with Crippen LogP contribution in [0, 0.1) is 0 Å². The fourth-order valence-electron chi connectivity index (χ4n) is 3.04. The minimum atomic E-state index is 0.663. The van der Waals surface area contributed by atoms with Crippen LogP contribution < -0.4 is 5.43 Å². The number of rotatable bonds is 4. The van der Waals surface area contributed by atoms with Crippen LogP contribution in [0.4, 0.5) is 0 Å². The average molecular weight is 345 g/mol. The van der Waals surface area contributed by atoms with E-state index in [1.165, 1.54) is 21.5 Å². The van der Waals surface area contributed by atoms with Crippen molar-refractivity contribution in [2.75, 3.05) is 0 Å². The van der Waals surface area contributed by atoms with E-state index in [1.54, 1.807) is 0 Å². The molecule has 0 aliphatic rings. The van der Waals surface area contributed by atoms with Gasteiger partial charge in [-0.15, -0.1) is 0 Å². The van der Waals surface area contributed by atoms with Crippen LogP contribution in [0.25, 0.3) is 21.5 Å². The van der Waals surface area contributed by atoms with Gasteiger partial charge in [0.1, 0.15) is 0 Å². The molecule has 0 bridgehead atoms. The van der Waals surface area contributed by atoms with Crippen molar-refractivity contribution in [2.45, 2.75) is 6.54 Å². The molecule has 4 rings (SSSR count). The summed E-state index contributed by atoms with van der Waals surface area (Å²) in [5.41, 5.74) is 5.40. The van der Waals surface area contributed by atoms with E-state index in [0.717, 1.165) is 16.1 Å². The minimum Gasteiger partial charge on any atom is -0.306 e. The van der Waals surface area contributed by atoms with E-state index in [1.807, 2.05) is 30.5 Å². The third-order valence-corrected chi connectivity index (χ3v) is 4.55. The van der Waals surface area contributed by atoms with Gasteiger partial charge in [0.2, 0.25) is 0 Å². The van der Waals surface area contributed by atoms with Crippen LogP contribution in [0.5, 0.6) is 0 Å². The zero-order chi connectivity index (χ0) is 17.1. The lowest BCUT2D eigenvalue weighted by molar-refractivity contribution is 0.748. The maximum absolute atomic E-state index is 5.91. The number of nitrogens with one attached hydrogen (secondary N) is 1. The summed E-state index contributed by atoms with van der Waals surface area (Å²) in [7, 11) is 0. The van der Waals surface area contributed by atoms with Crippen LogP contribution in [0.2, 0.25) is 5.02 Å². The summed E-state index contributed by atoms with van der Waals surface area (Å²) in [6.07, 6.45) is 1.92. The van der Waals surface area contributed by atoms with E-state index in [2.05, 4.69) is 65.1 Å². The molecule has 0 saturated heterocycles. The number of nitrogens with zero attached hydrogens (tertiary/aromatic N) is 1. The molecule has 1 N–H and O–H groups in total. The van der Waals surface area contributed by atoms with Gasteiger partial charge in [0, 0.05) is 10.6 Å². The number of fused-ring (bicyclic) bond motifs is 2. The van der Waals surface area contributed by atoms with Gasteiger partial charge in [-0.25, -0.2) is 0 Å². The minimum absolute atomic E-state index is 0.663. The monoisotopic (exact) mass is 344 g/mol. The fourth-order valence-corrected chi connectivity index (χ4v) is 3.16. The Morgan fingerprint density at radius 3 is 2.04 bits per heavy atom. The Balaban J connectivity index is 1.66. The summed E-state index contributed by atoms with van der Waals surface area (Å²) in [4.78, 5) is 0. The number of hydrogen-bond acceptors (Lipinski definition) is 2. The number of halogens is 1. The van der Waals surface area contributed by atoms with Gasteiger partial charge in [0.15, 0.2) is 0 Å². The molecule has 0 spiro atoms. The van der Waals surface area contributed by atoms with Gasteiger partial charge >= 0.3 is 0 Å². The predicted octanol–water partition coefficient (Wildman–Crippen LogP) is 5.77. The molecule has 25 heavy (non-hydrogen) atoms. The standard InChI is InChI=1S/C22H17ClN2/c23-19-11-9-16(10-12-19)14-24-25-15-22-20-7-3-1-5-17(20)13-18-6-2-4-8-21(18)22/h1-13,15,24H,14H2/b25-15-. The van der Waals surface area contributed by atoms with Crippen molar-refractivity contribution in [1.82, 2.24) is 5.43 Å². The summed E-state index contributed by atoms with van der Waals surface area (Å²) in [5, 5.41) is 10.1. The first-order chi connectivity index (χ1) is 12.3. The Bertz CT molecular complexity index is 998. The first kappa shape index (κ1) is 15.7. The highest BCUT2D eigenvalue weighted by Gasteiger charge is 2.05. The molecular weight excluding hydrogens is 328 g/mol. The Hall–Kier alpha value is -2.84. The van der Waals surface area contributed by atoms with E-state index in [4.69, 9.17) is 11.6 Å². The van der Waals surface area contributed by atoms with Crippen LogP contribution in [0.1, 0.15) is 11.1 Å². The zero-order valence-corrected chi connectivity index (χ0v) is 14.4. The van der Waals surface area contributed by atoms with Crippen molar-refractivity contribution < 1.29 is 0 Å². The van der Waals surface area contributed by atoms with E-state index < -0.39 is 0 Å². The normalized spacial score (nSPS) is 11.4. The van der Waals surface area contributed by atoms with Crippen LogP contribution in [0.15, 0.2) is 84.0 Å². The lowest BCUT2D eigenvalue weighted by Gasteiger charge is -2.08. The van der Waals surface area contributed by atoms with Gasteiger partial charge in [-0.05, 0) is 45.3 Å². The molecule has 0 aliphatic carbocycles. The van der Waals surface area contributed by atoms with E-state index >= 15 is 0 Å². The van der Waals surface area contributed by atoms with Gasteiger partial charge in [-0.3, -0.25) is 0 Å². The zero-order valence-electron chi connectivity index (χ0n) is 13.6. The predicted molar refractivity (Wildman–Crippen MR) is 107 cm³/mol. The van der Waals surface area contributed by atoms with Gasteiger partial charge in [-0.1, -0.05) is 72.3 Å². The molecule has 0 amide bonds. The highest BCUT2D eigenvalue weighted by Crippen LogP contribution is 2.27. The van der Waals surface area contributed by atoms with Crippen molar-refractivity contribution in [3.8, 4) is 0 Å². The van der Waals surface area contributed by atoms with Crippen molar-refractivity contribution in [2.24, 2.45) is 5.10 Å². The van der Waals surface area contributed by atoms with Crippen LogP contribution in [0.3, 0.4) is 0 Å². The summed E-state index contributed by atoms with van der Waals surface area (Å²) >= 11 is 5.91. The molecule has 0 aliphatic heterocycles. The first-order valence-electron chi connectivity index (χ1n) is 8.22. The van der Waals surface area contributed by atoms with E-state index in [-0.39, 0.29) is 0 Å². The number of hydrazone groups is 1. The molecule has 4 aromatic carbocycles. The molecule has 0 radical (unpaired) electrons. The molecule has 0 fully saturated rings. The van der Waals surface area contributed by atoms with Crippen molar-refractivity contribution >= 4 is 39.4 Å².